The summed E-state index contributed by atoms with van der Waals surface area (Å²) in [5.41, 5.74) is -0.592. The summed E-state index contributed by atoms with van der Waals surface area (Å²) in [6.45, 7) is 10.1. The highest BCUT2D eigenvalue weighted by molar-refractivity contribution is 7.36. The highest BCUT2D eigenvalue weighted by Crippen LogP contribution is 2.52. The van der Waals surface area contributed by atoms with E-state index in [-0.39, 0.29) is 46.9 Å². The quantitative estimate of drug-likeness (QED) is 0.0437. The van der Waals surface area contributed by atoms with Crippen LogP contribution in [0.3, 0.4) is 0 Å². The van der Waals surface area contributed by atoms with E-state index in [1.54, 1.807) is 27.3 Å². The molecule has 1 unspecified atom stereocenters. The van der Waals surface area contributed by atoms with Crippen molar-refractivity contribution in [3.63, 3.8) is 0 Å². The lowest BCUT2D eigenvalue weighted by molar-refractivity contribution is -0.331. The first-order chi connectivity index (χ1) is 25.5. The monoisotopic (exact) mass is 744 g/mol. The zero-order valence-electron chi connectivity index (χ0n) is 31.3. The normalized spacial score (nSPS) is 19.0. The van der Waals surface area contributed by atoms with Gasteiger partial charge in [-0.25, -0.2) is 14.6 Å². The van der Waals surface area contributed by atoms with Gasteiger partial charge in [0.15, 0.2) is 5.47 Å². The zero-order valence-corrected chi connectivity index (χ0v) is 32.3. The van der Waals surface area contributed by atoms with Crippen molar-refractivity contribution in [1.29, 1.82) is 5.26 Å². The number of rotatable bonds is 17. The van der Waals surface area contributed by atoms with Crippen LogP contribution in [0, 0.1) is 18.3 Å². The molecule has 0 bridgehead atoms. The third-order valence-electron chi connectivity index (χ3n) is 9.29. The second-order valence-corrected chi connectivity index (χ2v) is 15.0. The molecule has 0 aliphatic carbocycles. The molecule has 0 radical (unpaired) electrons. The molecule has 13 heteroatoms. The minimum Gasteiger partial charge on any atom is -0.497 e. The van der Waals surface area contributed by atoms with Crippen molar-refractivity contribution >= 4 is 8.73 Å². The third kappa shape index (κ3) is 8.73. The molecular weight excluding hydrogens is 695 g/mol. The Morgan fingerprint density at radius 3 is 2.04 bits per heavy atom. The number of aromatic nitrogens is 2. The van der Waals surface area contributed by atoms with Gasteiger partial charge >= 0.3 is 5.69 Å². The number of benzene rings is 3. The number of hydrogen-bond donors (Lipinski definition) is 1. The Kier molecular flexibility index (Phi) is 13.3. The SMILES string of the molecule is COc1ccc(C(OC[C@H]2O[C@@](PN(C(C)C)C(C)C)(n3cc(C)c(=O)[nH]c3=O)C[C@@H]2OOCCC#N)(c2ccccc2)c2ccc(OC)cc2)cc1. The lowest BCUT2D eigenvalue weighted by Gasteiger charge is -2.40. The Balaban J connectivity index is 1.65. The number of aryl methyl sites for hydroxylation is 1. The smallest absolute Gasteiger partial charge is 0.331 e. The molecule has 282 valence electrons. The summed E-state index contributed by atoms with van der Waals surface area (Å²) < 4.78 is 29.0. The molecule has 12 nitrogen and oxygen atoms in total. The van der Waals surface area contributed by atoms with Crippen molar-refractivity contribution in [2.75, 3.05) is 27.4 Å². The van der Waals surface area contributed by atoms with E-state index < -0.39 is 34.5 Å². The number of hydrogen-bond acceptors (Lipinski definition) is 10. The third-order valence-corrected chi connectivity index (χ3v) is 11.5. The largest absolute Gasteiger partial charge is 0.497 e. The molecule has 1 aliphatic rings. The van der Waals surface area contributed by atoms with E-state index in [1.807, 2.05) is 78.9 Å². The van der Waals surface area contributed by atoms with Crippen molar-refractivity contribution < 1.29 is 28.7 Å². The van der Waals surface area contributed by atoms with Gasteiger partial charge < -0.3 is 18.9 Å². The molecule has 0 amide bonds. The highest BCUT2D eigenvalue weighted by atomic mass is 31.1. The second-order valence-electron chi connectivity index (χ2n) is 13.5. The lowest BCUT2D eigenvalue weighted by atomic mass is 9.80. The van der Waals surface area contributed by atoms with Crippen LogP contribution in [0.2, 0.25) is 0 Å². The van der Waals surface area contributed by atoms with Crippen LogP contribution < -0.4 is 20.7 Å². The van der Waals surface area contributed by atoms with E-state index >= 15 is 0 Å². The molecule has 5 rings (SSSR count). The average molecular weight is 745 g/mol. The van der Waals surface area contributed by atoms with Crippen molar-refractivity contribution in [3.8, 4) is 17.6 Å². The van der Waals surface area contributed by atoms with Gasteiger partial charge in [0.2, 0.25) is 0 Å². The first-order valence-electron chi connectivity index (χ1n) is 17.7. The average Bonchev–Trinajstić information content (AvgIpc) is 3.52. The van der Waals surface area contributed by atoms with Gasteiger partial charge in [-0.05, 0) is 75.6 Å². The van der Waals surface area contributed by atoms with E-state index in [0.717, 1.165) is 16.7 Å². The summed E-state index contributed by atoms with van der Waals surface area (Å²) >= 11 is 0. The molecule has 1 aromatic heterocycles. The Hall–Kier alpha value is -4.34. The molecule has 4 aromatic rings. The van der Waals surface area contributed by atoms with Gasteiger partial charge in [-0.1, -0.05) is 54.6 Å². The molecule has 1 aliphatic heterocycles. The first-order valence-corrected chi connectivity index (χ1v) is 18.6. The van der Waals surface area contributed by atoms with Gasteiger partial charge in [-0.15, -0.1) is 0 Å². The Morgan fingerprint density at radius 2 is 1.51 bits per heavy atom. The van der Waals surface area contributed by atoms with Gasteiger partial charge in [0.05, 0.1) is 39.9 Å². The topological polar surface area (TPSA) is 137 Å². The minimum atomic E-state index is -1.27. The van der Waals surface area contributed by atoms with Gasteiger partial charge in [0.25, 0.3) is 5.56 Å². The second kappa shape index (κ2) is 17.7. The summed E-state index contributed by atoms with van der Waals surface area (Å²) in [5.74, 6) is 1.39. The van der Waals surface area contributed by atoms with Crippen molar-refractivity contribution in [1.82, 2.24) is 14.2 Å². The van der Waals surface area contributed by atoms with Crippen LogP contribution in [0.1, 0.15) is 62.8 Å². The maximum Gasteiger partial charge on any atom is 0.331 e. The molecule has 0 spiro atoms. The number of ether oxygens (including phenoxy) is 4. The zero-order chi connectivity index (χ0) is 38.2. The fourth-order valence-electron chi connectivity index (χ4n) is 6.69. The highest BCUT2D eigenvalue weighted by Gasteiger charge is 2.53. The summed E-state index contributed by atoms with van der Waals surface area (Å²) in [5, 5.41) is 9.17. The molecular formula is C40H49N4O8P. The Labute approximate surface area is 312 Å². The van der Waals surface area contributed by atoms with Gasteiger partial charge in [-0.2, -0.15) is 5.26 Å². The maximum absolute atomic E-state index is 13.6. The number of methoxy groups -OCH3 is 2. The van der Waals surface area contributed by atoms with E-state index in [0.29, 0.717) is 17.1 Å². The predicted molar refractivity (Wildman–Crippen MR) is 203 cm³/mol. The predicted octanol–water partition coefficient (Wildman–Crippen LogP) is 6.21. The van der Waals surface area contributed by atoms with Crippen LogP contribution >= 0.6 is 8.73 Å². The number of aromatic amines is 1. The molecule has 3 aromatic carbocycles. The van der Waals surface area contributed by atoms with E-state index in [2.05, 4.69) is 43.4 Å². The minimum absolute atomic E-state index is 0.00803. The summed E-state index contributed by atoms with van der Waals surface area (Å²) in [7, 11) is 3.18. The fraction of sp³-hybridized carbons (Fsp3) is 0.425. The first kappa shape index (κ1) is 39.9. The van der Waals surface area contributed by atoms with E-state index in [4.69, 9.17) is 28.7 Å². The molecule has 1 saturated heterocycles. The van der Waals surface area contributed by atoms with Crippen LogP contribution in [-0.4, -0.2) is 65.9 Å². The van der Waals surface area contributed by atoms with Crippen LogP contribution in [-0.2, 0) is 30.3 Å². The van der Waals surface area contributed by atoms with Crippen molar-refractivity contribution in [3.05, 3.63) is 128 Å². The molecule has 53 heavy (non-hydrogen) atoms. The number of H-pyrrole nitrogens is 1. The van der Waals surface area contributed by atoms with Crippen molar-refractivity contribution in [2.24, 2.45) is 0 Å². The Morgan fingerprint density at radius 1 is 0.943 bits per heavy atom. The van der Waals surface area contributed by atoms with E-state index in [9.17, 15) is 14.9 Å². The number of nitrogens with zero attached hydrogens (tertiary/aromatic N) is 3. The molecule has 1 N–H and O–H groups in total. The van der Waals surface area contributed by atoms with Crippen LogP contribution in [0.25, 0.3) is 0 Å². The maximum atomic E-state index is 13.6. The fourth-order valence-corrected chi connectivity index (χ4v) is 8.38. The summed E-state index contributed by atoms with van der Waals surface area (Å²) in [6, 6.07) is 27.7. The standard InChI is InChI=1S/C40H49N4O8P/c1-27(2)44(28(3)4)53-39(43-25-29(5)37(45)42-38(43)46)24-35(52-50-23-11-22-41)36(51-39)26-49-40(30-12-9-8-10-13-30,31-14-18-33(47-6)19-15-31)32-16-20-34(48-7)21-17-32/h8-10,12-21,25,27-28,35-36,53H,11,23-24,26H2,1-7H3,(H,42,45,46)/t35-,36+,39-/m0/s1. The Bertz CT molecular complexity index is 1890. The summed E-state index contributed by atoms with van der Waals surface area (Å²) in [6.07, 6.45) is 0.357. The van der Waals surface area contributed by atoms with Gasteiger partial charge in [0, 0.05) is 39.0 Å². The number of nitriles is 1. The molecule has 1 fully saturated rings. The van der Waals surface area contributed by atoms with E-state index in [1.165, 1.54) is 4.57 Å². The van der Waals surface area contributed by atoms with Crippen LogP contribution in [0.5, 0.6) is 11.5 Å². The number of nitrogens with one attached hydrogen (secondary N) is 1. The van der Waals surface area contributed by atoms with Crippen molar-refractivity contribution in [2.45, 2.75) is 82.8 Å². The van der Waals surface area contributed by atoms with Gasteiger partial charge in [0.1, 0.15) is 29.3 Å². The molecule has 0 saturated carbocycles. The van der Waals surface area contributed by atoms with Gasteiger partial charge in [-0.3, -0.25) is 19.0 Å². The molecule has 4 atom stereocenters. The van der Waals surface area contributed by atoms with Crippen LogP contribution in [0.4, 0.5) is 0 Å². The molecule has 2 heterocycles. The lowest BCUT2D eigenvalue weighted by Crippen LogP contribution is -2.45. The summed E-state index contributed by atoms with van der Waals surface area (Å²) in [4.78, 5) is 40.3. The van der Waals surface area contributed by atoms with Crippen LogP contribution in [0.15, 0.2) is 94.6 Å².